The molecule has 0 aliphatic rings. The molecule has 2 rings (SSSR count). The standard InChI is InChI=1S/C20H22ClN3O6/c1-12(25)19(23-22-15-8-6-13(27-2)10-17(15)29-4)20(26)24(21)16-9-7-14(28-3)11-18(16)30-5/h6-11,19H,1-5H3. The van der Waals surface area contributed by atoms with Crippen LogP contribution in [-0.4, -0.2) is 46.2 Å². The molecular formula is C20H22ClN3O6. The van der Waals surface area contributed by atoms with Gasteiger partial charge in [0.2, 0.25) is 6.04 Å². The highest BCUT2D eigenvalue weighted by molar-refractivity contribution is 6.39. The van der Waals surface area contributed by atoms with Crippen molar-refractivity contribution in [1.82, 2.24) is 0 Å². The van der Waals surface area contributed by atoms with Gasteiger partial charge in [-0.05, 0) is 31.2 Å². The Morgan fingerprint density at radius 2 is 1.47 bits per heavy atom. The number of hydrogen-bond donors (Lipinski definition) is 0. The van der Waals surface area contributed by atoms with Crippen LogP contribution in [-0.2, 0) is 9.59 Å². The van der Waals surface area contributed by atoms with E-state index >= 15 is 0 Å². The number of ketones is 1. The summed E-state index contributed by atoms with van der Waals surface area (Å²) in [6.07, 6.45) is 0. The molecule has 0 fully saturated rings. The van der Waals surface area contributed by atoms with Crippen molar-refractivity contribution < 1.29 is 28.5 Å². The molecular weight excluding hydrogens is 414 g/mol. The predicted octanol–water partition coefficient (Wildman–Crippen LogP) is 3.95. The number of methoxy groups -OCH3 is 4. The molecule has 2 aromatic carbocycles. The quantitative estimate of drug-likeness (QED) is 0.336. The van der Waals surface area contributed by atoms with Crippen LogP contribution in [0.5, 0.6) is 23.0 Å². The van der Waals surface area contributed by atoms with Crippen molar-refractivity contribution in [1.29, 1.82) is 0 Å². The lowest BCUT2D eigenvalue weighted by molar-refractivity contribution is -0.126. The molecule has 2 aromatic rings. The van der Waals surface area contributed by atoms with Gasteiger partial charge in [0.25, 0.3) is 5.91 Å². The molecule has 160 valence electrons. The van der Waals surface area contributed by atoms with Gasteiger partial charge in [-0.2, -0.15) is 10.2 Å². The number of carbonyl (C=O) groups is 2. The van der Waals surface area contributed by atoms with Gasteiger partial charge in [0.15, 0.2) is 5.78 Å². The monoisotopic (exact) mass is 435 g/mol. The van der Waals surface area contributed by atoms with Crippen LogP contribution in [0.1, 0.15) is 6.92 Å². The van der Waals surface area contributed by atoms with Crippen LogP contribution < -0.4 is 23.4 Å². The average molecular weight is 436 g/mol. The zero-order valence-corrected chi connectivity index (χ0v) is 18.0. The third kappa shape index (κ3) is 5.18. The van der Waals surface area contributed by atoms with Crippen molar-refractivity contribution in [2.75, 3.05) is 32.9 Å². The first-order valence-corrected chi connectivity index (χ1v) is 9.05. The van der Waals surface area contributed by atoms with E-state index in [0.29, 0.717) is 22.9 Å². The molecule has 10 heteroatoms. The molecule has 1 unspecified atom stereocenters. The second-order valence-electron chi connectivity index (χ2n) is 5.92. The SMILES string of the molecule is COc1ccc(N=NC(C(C)=O)C(=O)N(Cl)c2ccc(OC)cc2OC)c(OC)c1. The van der Waals surface area contributed by atoms with Crippen molar-refractivity contribution in [2.24, 2.45) is 10.2 Å². The van der Waals surface area contributed by atoms with Gasteiger partial charge >= 0.3 is 0 Å². The number of rotatable bonds is 9. The van der Waals surface area contributed by atoms with Gasteiger partial charge in [-0.3, -0.25) is 9.59 Å². The van der Waals surface area contributed by atoms with Crippen LogP contribution in [0.25, 0.3) is 0 Å². The van der Waals surface area contributed by atoms with Gasteiger partial charge in [0, 0.05) is 23.9 Å². The van der Waals surface area contributed by atoms with E-state index in [-0.39, 0.29) is 11.4 Å². The lowest BCUT2D eigenvalue weighted by Gasteiger charge is -2.19. The lowest BCUT2D eigenvalue weighted by atomic mass is 10.2. The van der Waals surface area contributed by atoms with Crippen LogP contribution in [0.2, 0.25) is 0 Å². The largest absolute Gasteiger partial charge is 0.497 e. The Morgan fingerprint density at radius 3 is 2.00 bits per heavy atom. The fraction of sp³-hybridized carbons (Fsp3) is 0.300. The first-order valence-electron chi connectivity index (χ1n) is 8.71. The van der Waals surface area contributed by atoms with Crippen LogP contribution in [0.4, 0.5) is 11.4 Å². The minimum absolute atomic E-state index is 0.230. The molecule has 0 aliphatic heterocycles. The maximum Gasteiger partial charge on any atom is 0.276 e. The molecule has 9 nitrogen and oxygen atoms in total. The third-order valence-corrected chi connectivity index (χ3v) is 4.43. The van der Waals surface area contributed by atoms with Crippen molar-refractivity contribution in [2.45, 2.75) is 13.0 Å². The summed E-state index contributed by atoms with van der Waals surface area (Å²) in [6, 6.07) is 8.09. The summed E-state index contributed by atoms with van der Waals surface area (Å²) in [5.74, 6) is 0.408. The number of hydrogen-bond acceptors (Lipinski definition) is 8. The van der Waals surface area contributed by atoms with Gasteiger partial charge < -0.3 is 18.9 Å². The van der Waals surface area contributed by atoms with Crippen molar-refractivity contribution in [3.05, 3.63) is 36.4 Å². The predicted molar refractivity (Wildman–Crippen MR) is 111 cm³/mol. The molecule has 0 heterocycles. The van der Waals surface area contributed by atoms with Gasteiger partial charge in [0.05, 0.1) is 28.4 Å². The molecule has 0 N–H and O–H groups in total. The van der Waals surface area contributed by atoms with E-state index in [4.69, 9.17) is 30.7 Å². The second kappa shape index (κ2) is 10.4. The molecule has 0 aliphatic carbocycles. The lowest BCUT2D eigenvalue weighted by Crippen LogP contribution is -2.36. The molecule has 0 saturated carbocycles. The minimum Gasteiger partial charge on any atom is -0.497 e. The number of nitrogens with zero attached hydrogens (tertiary/aromatic N) is 3. The molecule has 0 aromatic heterocycles. The van der Waals surface area contributed by atoms with E-state index in [0.717, 1.165) is 4.42 Å². The van der Waals surface area contributed by atoms with Crippen LogP contribution in [0, 0.1) is 0 Å². The van der Waals surface area contributed by atoms with Crippen LogP contribution >= 0.6 is 11.8 Å². The van der Waals surface area contributed by atoms with E-state index in [1.54, 1.807) is 30.3 Å². The highest BCUT2D eigenvalue weighted by Gasteiger charge is 2.30. The highest BCUT2D eigenvalue weighted by Crippen LogP contribution is 2.35. The van der Waals surface area contributed by atoms with Crippen LogP contribution in [0.3, 0.4) is 0 Å². The Bertz CT molecular complexity index is 950. The summed E-state index contributed by atoms with van der Waals surface area (Å²) in [6.45, 7) is 1.23. The number of halogens is 1. The second-order valence-corrected chi connectivity index (χ2v) is 6.26. The highest BCUT2D eigenvalue weighted by atomic mass is 35.5. The van der Waals surface area contributed by atoms with Gasteiger partial charge in [-0.25, -0.2) is 4.42 Å². The maximum absolute atomic E-state index is 12.9. The molecule has 0 saturated heterocycles. The smallest absolute Gasteiger partial charge is 0.276 e. The molecule has 0 spiro atoms. The number of benzene rings is 2. The van der Waals surface area contributed by atoms with E-state index in [1.807, 2.05) is 0 Å². The number of amides is 1. The van der Waals surface area contributed by atoms with Gasteiger partial charge in [-0.1, -0.05) is 0 Å². The fourth-order valence-electron chi connectivity index (χ4n) is 2.47. The number of anilines is 1. The summed E-state index contributed by atoms with van der Waals surface area (Å²) in [7, 11) is 5.89. The van der Waals surface area contributed by atoms with Gasteiger partial charge in [0.1, 0.15) is 34.4 Å². The van der Waals surface area contributed by atoms with E-state index in [2.05, 4.69) is 10.2 Å². The maximum atomic E-state index is 12.9. The van der Waals surface area contributed by atoms with Gasteiger partial charge in [-0.15, -0.1) is 0 Å². The Hall–Kier alpha value is -3.33. The minimum atomic E-state index is -1.46. The zero-order valence-electron chi connectivity index (χ0n) is 17.2. The molecule has 0 radical (unpaired) electrons. The Morgan fingerprint density at radius 1 is 0.900 bits per heavy atom. The Kier molecular flexibility index (Phi) is 7.99. The number of ether oxygens (including phenoxy) is 4. The Balaban J connectivity index is 2.33. The van der Waals surface area contributed by atoms with Crippen LogP contribution in [0.15, 0.2) is 46.6 Å². The summed E-state index contributed by atoms with van der Waals surface area (Å²) >= 11 is 6.22. The fourth-order valence-corrected chi connectivity index (χ4v) is 2.70. The normalized spacial score (nSPS) is 11.7. The molecule has 1 amide bonds. The topological polar surface area (TPSA) is 99.0 Å². The molecule has 30 heavy (non-hydrogen) atoms. The number of azo groups is 1. The molecule has 1 atom stereocenters. The number of Topliss-reactive ketones (excluding diaryl/α,β-unsaturated/α-hetero) is 1. The summed E-state index contributed by atoms with van der Waals surface area (Å²) in [5, 5.41) is 7.91. The van der Waals surface area contributed by atoms with E-state index < -0.39 is 17.7 Å². The molecule has 0 bridgehead atoms. The van der Waals surface area contributed by atoms with E-state index in [1.165, 1.54) is 41.4 Å². The summed E-state index contributed by atoms with van der Waals surface area (Å²) < 4.78 is 21.5. The van der Waals surface area contributed by atoms with Crippen molar-refractivity contribution in [3.8, 4) is 23.0 Å². The first-order chi connectivity index (χ1) is 14.4. The first kappa shape index (κ1) is 23.0. The third-order valence-electron chi connectivity index (χ3n) is 4.08. The average Bonchev–Trinajstić information content (AvgIpc) is 2.77. The van der Waals surface area contributed by atoms with Crippen molar-refractivity contribution in [3.63, 3.8) is 0 Å². The zero-order chi connectivity index (χ0) is 22.3. The van der Waals surface area contributed by atoms with E-state index in [9.17, 15) is 9.59 Å². The van der Waals surface area contributed by atoms with Crippen molar-refractivity contribution >= 4 is 34.8 Å². The number of carbonyl (C=O) groups excluding carboxylic acids is 2. The Labute approximate surface area is 179 Å². The summed E-state index contributed by atoms with van der Waals surface area (Å²) in [4.78, 5) is 25.0. The summed E-state index contributed by atoms with van der Waals surface area (Å²) in [5.41, 5.74) is 0.550.